The molecule has 0 radical (unpaired) electrons. The van der Waals surface area contributed by atoms with Crippen LogP contribution >= 0.6 is 0 Å². The van der Waals surface area contributed by atoms with Crippen molar-refractivity contribution in [3.05, 3.63) is 54.6 Å². The number of aromatic nitrogens is 3. The minimum Gasteiger partial charge on any atom is -0.410 e. The Kier molecular flexibility index (Phi) is 4.47. The summed E-state index contributed by atoms with van der Waals surface area (Å²) in [6.07, 6.45) is 0. The van der Waals surface area contributed by atoms with E-state index in [9.17, 15) is 4.79 Å². The molecule has 3 rings (SSSR count). The van der Waals surface area contributed by atoms with Crippen molar-refractivity contribution in [1.82, 2.24) is 15.2 Å². The Hall–Kier alpha value is -2.93. The Bertz CT molecular complexity index is 727. The third kappa shape index (κ3) is 3.54. The smallest absolute Gasteiger partial charge is 0.247 e. The number of nitrogens with zero attached hydrogens (tertiary/aromatic N) is 4. The molecule has 1 amide bonds. The molecular weight excluding hydrogens is 272 g/mol. The Morgan fingerprint density at radius 3 is 2.33 bits per heavy atom. The Morgan fingerprint density at radius 1 is 1.10 bits per heavy atom. The fourth-order valence-electron chi connectivity index (χ4n) is 1.61. The second-order valence-corrected chi connectivity index (χ2v) is 4.13. The highest BCUT2D eigenvalue weighted by atomic mass is 16.5. The summed E-state index contributed by atoms with van der Waals surface area (Å²) >= 11 is 0. The molecule has 7 nitrogen and oxygen atoms in total. The second kappa shape index (κ2) is 6.49. The van der Waals surface area contributed by atoms with Gasteiger partial charge in [-0.1, -0.05) is 35.2 Å². The molecule has 0 bridgehead atoms. The van der Waals surface area contributed by atoms with Gasteiger partial charge in [-0.2, -0.15) is 5.06 Å². The van der Waals surface area contributed by atoms with Crippen molar-refractivity contribution in [2.45, 2.75) is 6.92 Å². The van der Waals surface area contributed by atoms with Gasteiger partial charge in [0.2, 0.25) is 5.91 Å². The lowest BCUT2D eigenvalue weighted by atomic mass is 10.3. The predicted octanol–water partition coefficient (Wildman–Crippen LogP) is 2.10. The SMILES string of the molecule is CC(=O)N(O)c1ccccc1.On1nnc2ccccc21. The van der Waals surface area contributed by atoms with Gasteiger partial charge in [-0.05, 0) is 29.5 Å². The summed E-state index contributed by atoms with van der Waals surface area (Å²) in [6, 6.07) is 15.8. The summed E-state index contributed by atoms with van der Waals surface area (Å²) in [7, 11) is 0. The lowest BCUT2D eigenvalue weighted by Crippen LogP contribution is -2.23. The van der Waals surface area contributed by atoms with Crippen LogP contribution in [0.1, 0.15) is 6.92 Å². The largest absolute Gasteiger partial charge is 0.410 e. The van der Waals surface area contributed by atoms with Gasteiger partial charge in [-0.25, -0.2) is 0 Å². The maximum absolute atomic E-state index is 10.6. The molecule has 0 saturated carbocycles. The highest BCUT2D eigenvalue weighted by Crippen LogP contribution is 2.10. The fraction of sp³-hybridized carbons (Fsp3) is 0.0714. The molecule has 0 unspecified atom stereocenters. The first-order valence-corrected chi connectivity index (χ1v) is 6.14. The van der Waals surface area contributed by atoms with Gasteiger partial charge in [0.15, 0.2) is 0 Å². The zero-order valence-corrected chi connectivity index (χ0v) is 11.3. The first-order chi connectivity index (χ1) is 10.1. The maximum atomic E-state index is 10.6. The molecule has 1 aromatic heterocycles. The van der Waals surface area contributed by atoms with Crippen LogP contribution in [0, 0.1) is 0 Å². The average Bonchev–Trinajstić information content (AvgIpc) is 2.90. The predicted molar refractivity (Wildman–Crippen MR) is 76.1 cm³/mol. The zero-order valence-electron chi connectivity index (χ0n) is 11.3. The van der Waals surface area contributed by atoms with Crippen LogP contribution in [-0.4, -0.2) is 31.5 Å². The minimum absolute atomic E-state index is 0.392. The summed E-state index contributed by atoms with van der Waals surface area (Å²) in [5.41, 5.74) is 1.81. The van der Waals surface area contributed by atoms with E-state index in [0.717, 1.165) is 4.85 Å². The molecular formula is C14H14N4O3. The summed E-state index contributed by atoms with van der Waals surface area (Å²) in [5.74, 6) is -0.392. The number of carbonyl (C=O) groups is 1. The van der Waals surface area contributed by atoms with Gasteiger partial charge < -0.3 is 5.21 Å². The first kappa shape index (κ1) is 14.5. The summed E-state index contributed by atoms with van der Waals surface area (Å²) in [6.45, 7) is 1.30. The topological polar surface area (TPSA) is 91.5 Å². The van der Waals surface area contributed by atoms with Crippen molar-refractivity contribution in [2.24, 2.45) is 0 Å². The van der Waals surface area contributed by atoms with Gasteiger partial charge in [-0.3, -0.25) is 10.0 Å². The lowest BCUT2D eigenvalue weighted by Gasteiger charge is -2.11. The van der Waals surface area contributed by atoms with Gasteiger partial charge in [0, 0.05) is 6.92 Å². The molecule has 0 saturated heterocycles. The maximum Gasteiger partial charge on any atom is 0.247 e. The quantitative estimate of drug-likeness (QED) is 0.406. The van der Waals surface area contributed by atoms with Crippen molar-refractivity contribution in [3.63, 3.8) is 0 Å². The van der Waals surface area contributed by atoms with E-state index >= 15 is 0 Å². The van der Waals surface area contributed by atoms with E-state index in [2.05, 4.69) is 10.3 Å². The third-order valence-corrected chi connectivity index (χ3v) is 2.63. The number of hydroxylamine groups is 1. The number of para-hydroxylation sites is 2. The number of carbonyl (C=O) groups excluding carboxylic acids is 1. The summed E-state index contributed by atoms with van der Waals surface area (Å²) in [5, 5.41) is 25.7. The Labute approximate surface area is 120 Å². The summed E-state index contributed by atoms with van der Waals surface area (Å²) < 4.78 is 0. The van der Waals surface area contributed by atoms with Gasteiger partial charge in [0.1, 0.15) is 11.0 Å². The molecule has 1 heterocycles. The van der Waals surface area contributed by atoms with Crippen LogP contribution in [0.3, 0.4) is 0 Å². The molecule has 7 heteroatoms. The lowest BCUT2D eigenvalue weighted by molar-refractivity contribution is -0.121. The van der Waals surface area contributed by atoms with Crippen LogP contribution in [0.15, 0.2) is 54.6 Å². The molecule has 2 N–H and O–H groups in total. The van der Waals surface area contributed by atoms with E-state index in [4.69, 9.17) is 10.4 Å². The zero-order chi connectivity index (χ0) is 15.2. The van der Waals surface area contributed by atoms with Crippen LogP contribution in [0.5, 0.6) is 0 Å². The molecule has 0 aliphatic carbocycles. The minimum atomic E-state index is -0.392. The van der Waals surface area contributed by atoms with E-state index in [1.165, 1.54) is 6.92 Å². The number of amides is 1. The molecule has 0 spiro atoms. The van der Waals surface area contributed by atoms with Crippen LogP contribution < -0.4 is 5.06 Å². The number of fused-ring (bicyclic) bond motifs is 1. The molecule has 2 aromatic carbocycles. The molecule has 21 heavy (non-hydrogen) atoms. The highest BCUT2D eigenvalue weighted by molar-refractivity contribution is 5.88. The standard InChI is InChI=1S/C8H9NO2.C6H5N3O/c1-7(10)9(11)8-5-3-2-4-6-8;10-9-6-4-2-1-3-5(6)7-8-9/h2-6,11H,1H3;1-4,10H. The summed E-state index contributed by atoms with van der Waals surface area (Å²) in [4.78, 5) is 11.4. The van der Waals surface area contributed by atoms with Crippen LogP contribution in [0.4, 0.5) is 5.69 Å². The van der Waals surface area contributed by atoms with Crippen LogP contribution in [-0.2, 0) is 4.79 Å². The Balaban J connectivity index is 0.000000154. The molecule has 108 valence electrons. The van der Waals surface area contributed by atoms with E-state index in [0.29, 0.717) is 21.8 Å². The van der Waals surface area contributed by atoms with E-state index < -0.39 is 5.91 Å². The van der Waals surface area contributed by atoms with Gasteiger partial charge in [0.05, 0.1) is 5.69 Å². The first-order valence-electron chi connectivity index (χ1n) is 6.14. The van der Waals surface area contributed by atoms with E-state index in [1.54, 1.807) is 36.4 Å². The fourth-order valence-corrected chi connectivity index (χ4v) is 1.61. The normalized spacial score (nSPS) is 9.81. The van der Waals surface area contributed by atoms with Gasteiger partial charge >= 0.3 is 0 Å². The Morgan fingerprint density at radius 2 is 1.71 bits per heavy atom. The van der Waals surface area contributed by atoms with Crippen molar-refractivity contribution >= 4 is 22.6 Å². The van der Waals surface area contributed by atoms with Crippen molar-refractivity contribution in [1.29, 1.82) is 0 Å². The van der Waals surface area contributed by atoms with Crippen LogP contribution in [0.25, 0.3) is 11.0 Å². The van der Waals surface area contributed by atoms with Gasteiger partial charge in [0.25, 0.3) is 0 Å². The average molecular weight is 286 g/mol. The highest BCUT2D eigenvalue weighted by Gasteiger charge is 2.05. The van der Waals surface area contributed by atoms with Crippen molar-refractivity contribution < 1.29 is 15.2 Å². The molecule has 0 aliphatic rings. The third-order valence-electron chi connectivity index (χ3n) is 2.63. The molecule has 0 atom stereocenters. The monoisotopic (exact) mass is 286 g/mol. The number of anilines is 1. The molecule has 3 aromatic rings. The molecule has 0 fully saturated rings. The van der Waals surface area contributed by atoms with E-state index in [1.807, 2.05) is 18.2 Å². The number of hydrogen-bond donors (Lipinski definition) is 2. The van der Waals surface area contributed by atoms with Crippen molar-refractivity contribution in [3.8, 4) is 0 Å². The molecule has 0 aliphatic heterocycles. The second-order valence-electron chi connectivity index (χ2n) is 4.13. The number of benzene rings is 2. The van der Waals surface area contributed by atoms with E-state index in [-0.39, 0.29) is 0 Å². The van der Waals surface area contributed by atoms with Crippen LogP contribution in [0.2, 0.25) is 0 Å². The number of hydrogen-bond acceptors (Lipinski definition) is 5. The van der Waals surface area contributed by atoms with Gasteiger partial charge in [-0.15, -0.1) is 5.10 Å². The number of rotatable bonds is 1. The van der Waals surface area contributed by atoms with Crippen molar-refractivity contribution in [2.75, 3.05) is 5.06 Å².